The molecule has 4 rings (SSSR count). The number of nitrogens with one attached hydrogen (secondary N) is 1. The lowest BCUT2D eigenvalue weighted by molar-refractivity contribution is -0.126. The van der Waals surface area contributed by atoms with E-state index in [4.69, 9.17) is 10.5 Å². The highest BCUT2D eigenvalue weighted by molar-refractivity contribution is 9.10. The van der Waals surface area contributed by atoms with E-state index < -0.39 is 17.6 Å². The van der Waals surface area contributed by atoms with Crippen LogP contribution >= 0.6 is 27.7 Å². The molecule has 0 bridgehead atoms. The number of nitrogens with zero attached hydrogens (tertiary/aromatic N) is 3. The predicted molar refractivity (Wildman–Crippen MR) is 122 cm³/mol. The van der Waals surface area contributed by atoms with Gasteiger partial charge in [-0.15, -0.1) is 16.9 Å². The summed E-state index contributed by atoms with van der Waals surface area (Å²) in [6.45, 7) is 0.868. The van der Waals surface area contributed by atoms with Gasteiger partial charge in [-0.3, -0.25) is 9.59 Å². The maximum absolute atomic E-state index is 13.3. The molecule has 2 aromatic rings. The third kappa shape index (κ3) is 5.16. The van der Waals surface area contributed by atoms with Crippen LogP contribution < -0.4 is 11.1 Å². The first-order chi connectivity index (χ1) is 15.4. The first-order valence-corrected chi connectivity index (χ1v) is 12.4. The molecule has 172 valence electrons. The summed E-state index contributed by atoms with van der Waals surface area (Å²) in [7, 11) is 0. The van der Waals surface area contributed by atoms with E-state index in [0.29, 0.717) is 31.7 Å². The molecule has 1 aromatic carbocycles. The van der Waals surface area contributed by atoms with Gasteiger partial charge in [0.05, 0.1) is 12.2 Å². The van der Waals surface area contributed by atoms with Crippen molar-refractivity contribution >= 4 is 39.5 Å². The van der Waals surface area contributed by atoms with Crippen LogP contribution in [0, 0.1) is 0 Å². The number of amides is 2. The van der Waals surface area contributed by atoms with Crippen LogP contribution in [0.2, 0.25) is 0 Å². The lowest BCUT2D eigenvalue weighted by Crippen LogP contribution is -2.37. The number of ether oxygens (including phenoxy) is 1. The van der Waals surface area contributed by atoms with Crippen LogP contribution in [0.15, 0.2) is 33.8 Å². The standard InChI is InChI=1S/C21H26BrN5O4S/c22-13-1-3-17-14(11-13)15(5-10-32-17)24-20(29)16(2-4-19(23)28)27-12-18(25-26-27)21(30)6-8-31-9-7-21/h1,3,11-12,15-16,30H,2,4-10H2,(H2,23,28)(H,24,29). The van der Waals surface area contributed by atoms with Gasteiger partial charge in [0.15, 0.2) is 0 Å². The van der Waals surface area contributed by atoms with Gasteiger partial charge in [-0.25, -0.2) is 4.68 Å². The van der Waals surface area contributed by atoms with Crippen LogP contribution in [0.1, 0.15) is 55.4 Å². The van der Waals surface area contributed by atoms with Crippen molar-refractivity contribution in [1.82, 2.24) is 20.3 Å². The van der Waals surface area contributed by atoms with Gasteiger partial charge in [0, 0.05) is 47.6 Å². The summed E-state index contributed by atoms with van der Waals surface area (Å²) in [6.07, 6.45) is 3.44. The maximum atomic E-state index is 13.3. The smallest absolute Gasteiger partial charge is 0.245 e. The number of hydrogen-bond acceptors (Lipinski definition) is 7. The van der Waals surface area contributed by atoms with Gasteiger partial charge in [0.25, 0.3) is 0 Å². The number of halogens is 1. The number of aliphatic hydroxyl groups is 1. The summed E-state index contributed by atoms with van der Waals surface area (Å²) in [4.78, 5) is 25.9. The van der Waals surface area contributed by atoms with Gasteiger partial charge < -0.3 is 20.9 Å². The summed E-state index contributed by atoms with van der Waals surface area (Å²) in [5.41, 5.74) is 5.68. The minimum atomic E-state index is -1.13. The van der Waals surface area contributed by atoms with E-state index in [0.717, 1.165) is 27.1 Å². The summed E-state index contributed by atoms with van der Waals surface area (Å²) in [6, 6.07) is 5.15. The summed E-state index contributed by atoms with van der Waals surface area (Å²) < 4.78 is 7.71. The quantitative estimate of drug-likeness (QED) is 0.506. The molecule has 1 fully saturated rings. The fraction of sp³-hybridized carbons (Fsp3) is 0.524. The number of primary amides is 1. The Morgan fingerprint density at radius 1 is 1.41 bits per heavy atom. The fourth-order valence-electron chi connectivity index (χ4n) is 4.05. The molecule has 4 N–H and O–H groups in total. The second-order valence-corrected chi connectivity index (χ2v) is 10.2. The van der Waals surface area contributed by atoms with Gasteiger partial charge in [-0.2, -0.15) is 0 Å². The van der Waals surface area contributed by atoms with Crippen molar-refractivity contribution in [2.24, 2.45) is 5.73 Å². The van der Waals surface area contributed by atoms with Crippen molar-refractivity contribution in [3.05, 3.63) is 40.1 Å². The summed E-state index contributed by atoms with van der Waals surface area (Å²) in [5.74, 6) is 0.146. The zero-order chi connectivity index (χ0) is 22.7. The number of hydrogen-bond donors (Lipinski definition) is 3. The zero-order valence-corrected chi connectivity index (χ0v) is 19.9. The molecular weight excluding hydrogens is 498 g/mol. The number of aromatic nitrogens is 3. The van der Waals surface area contributed by atoms with Gasteiger partial charge in [0.2, 0.25) is 11.8 Å². The number of benzene rings is 1. The highest BCUT2D eigenvalue weighted by atomic mass is 79.9. The minimum absolute atomic E-state index is 0.0358. The number of fused-ring (bicyclic) bond motifs is 1. The van der Waals surface area contributed by atoms with Crippen LogP contribution in [0.4, 0.5) is 0 Å². The van der Waals surface area contributed by atoms with Crippen molar-refractivity contribution in [2.45, 2.75) is 54.7 Å². The molecule has 2 aliphatic rings. The fourth-order valence-corrected chi connectivity index (χ4v) is 5.54. The molecule has 32 heavy (non-hydrogen) atoms. The summed E-state index contributed by atoms with van der Waals surface area (Å²) >= 11 is 5.27. The van der Waals surface area contributed by atoms with Crippen LogP contribution in [0.3, 0.4) is 0 Å². The van der Waals surface area contributed by atoms with Crippen molar-refractivity contribution in [3.8, 4) is 0 Å². The molecule has 3 heterocycles. The van der Waals surface area contributed by atoms with Crippen molar-refractivity contribution in [3.63, 3.8) is 0 Å². The van der Waals surface area contributed by atoms with E-state index in [1.54, 1.807) is 18.0 Å². The highest BCUT2D eigenvalue weighted by Crippen LogP contribution is 2.38. The first kappa shape index (κ1) is 23.2. The molecule has 9 nitrogen and oxygen atoms in total. The van der Waals surface area contributed by atoms with E-state index in [1.165, 1.54) is 4.68 Å². The SMILES string of the molecule is NC(=O)CCC(C(=O)NC1CCSc2ccc(Br)cc21)n1cc(C2(O)CCOCC2)nn1. The molecule has 2 atom stereocenters. The lowest BCUT2D eigenvalue weighted by Gasteiger charge is -2.30. The average molecular weight is 524 g/mol. The van der Waals surface area contributed by atoms with E-state index in [9.17, 15) is 14.7 Å². The largest absolute Gasteiger partial charge is 0.383 e. The Labute approximate surface area is 198 Å². The van der Waals surface area contributed by atoms with E-state index in [2.05, 4.69) is 31.6 Å². The molecule has 2 unspecified atom stereocenters. The number of nitrogens with two attached hydrogens (primary N) is 1. The molecule has 11 heteroatoms. The molecule has 1 saturated heterocycles. The number of carbonyl (C=O) groups excluding carboxylic acids is 2. The predicted octanol–water partition coefficient (Wildman–Crippen LogP) is 2.20. The summed E-state index contributed by atoms with van der Waals surface area (Å²) in [5, 5.41) is 22.3. The molecule has 0 spiro atoms. The maximum Gasteiger partial charge on any atom is 0.245 e. The van der Waals surface area contributed by atoms with Gasteiger partial charge in [0.1, 0.15) is 17.3 Å². The minimum Gasteiger partial charge on any atom is -0.383 e. The van der Waals surface area contributed by atoms with Gasteiger partial charge >= 0.3 is 0 Å². The molecule has 2 aliphatic heterocycles. The molecule has 0 aliphatic carbocycles. The molecule has 2 amide bonds. The zero-order valence-electron chi connectivity index (χ0n) is 17.5. The van der Waals surface area contributed by atoms with Crippen molar-refractivity contribution in [2.75, 3.05) is 19.0 Å². The van der Waals surface area contributed by atoms with Crippen molar-refractivity contribution in [1.29, 1.82) is 0 Å². The Morgan fingerprint density at radius 2 is 2.19 bits per heavy atom. The molecule has 0 saturated carbocycles. The Kier molecular flexibility index (Phi) is 7.18. The normalized spacial score (nSPS) is 20.9. The Balaban J connectivity index is 1.55. The van der Waals surface area contributed by atoms with Gasteiger partial charge in [-0.1, -0.05) is 21.1 Å². The Hall–Kier alpha value is -1.95. The van der Waals surface area contributed by atoms with Gasteiger partial charge in [-0.05, 0) is 36.6 Å². The second kappa shape index (κ2) is 9.90. The van der Waals surface area contributed by atoms with Crippen LogP contribution in [0.5, 0.6) is 0 Å². The first-order valence-electron chi connectivity index (χ1n) is 10.6. The van der Waals surface area contributed by atoms with Crippen LogP contribution in [-0.4, -0.2) is 50.9 Å². The average Bonchev–Trinajstić information content (AvgIpc) is 3.25. The van der Waals surface area contributed by atoms with E-state index >= 15 is 0 Å². The monoisotopic (exact) mass is 523 g/mol. The van der Waals surface area contributed by atoms with E-state index in [1.807, 2.05) is 18.2 Å². The number of thioether (sulfide) groups is 1. The molecule has 1 aromatic heterocycles. The molecule has 0 radical (unpaired) electrons. The lowest BCUT2D eigenvalue weighted by atomic mass is 9.91. The Bertz CT molecular complexity index is 994. The molecular formula is C21H26BrN5O4S. The topological polar surface area (TPSA) is 132 Å². The van der Waals surface area contributed by atoms with Crippen LogP contribution in [-0.2, 0) is 19.9 Å². The van der Waals surface area contributed by atoms with Crippen LogP contribution in [0.25, 0.3) is 0 Å². The van der Waals surface area contributed by atoms with E-state index in [-0.39, 0.29) is 24.8 Å². The highest BCUT2D eigenvalue weighted by Gasteiger charge is 2.36. The third-order valence-corrected chi connectivity index (χ3v) is 7.54. The Morgan fingerprint density at radius 3 is 2.94 bits per heavy atom. The number of rotatable bonds is 7. The third-order valence-electron chi connectivity index (χ3n) is 5.92. The number of carbonyl (C=O) groups is 2. The van der Waals surface area contributed by atoms with Crippen molar-refractivity contribution < 1.29 is 19.4 Å². The second-order valence-electron chi connectivity index (χ2n) is 8.13.